The van der Waals surface area contributed by atoms with Crippen molar-refractivity contribution in [2.75, 3.05) is 4.90 Å². The molecule has 29 heavy (non-hydrogen) atoms. The molecule has 2 unspecified atom stereocenters. The second-order valence-electron chi connectivity index (χ2n) is 7.11. The topological polar surface area (TPSA) is 58.5 Å². The van der Waals surface area contributed by atoms with Gasteiger partial charge < -0.3 is 10.6 Å². The summed E-state index contributed by atoms with van der Waals surface area (Å²) in [5, 5.41) is 0. The van der Waals surface area contributed by atoms with Crippen molar-refractivity contribution < 1.29 is 13.2 Å². The van der Waals surface area contributed by atoms with E-state index in [0.29, 0.717) is 18.8 Å². The maximum atomic E-state index is 14.0. The lowest BCUT2D eigenvalue weighted by molar-refractivity contribution is 0.112. The lowest BCUT2D eigenvalue weighted by Crippen LogP contribution is -2.59. The highest BCUT2D eigenvalue weighted by Crippen LogP contribution is 2.37. The molecule has 150 valence electrons. The summed E-state index contributed by atoms with van der Waals surface area (Å²) in [6.07, 6.45) is -1.22. The minimum atomic E-state index is -0.658. The van der Waals surface area contributed by atoms with Crippen LogP contribution in [0, 0.1) is 17.5 Å². The quantitative estimate of drug-likeness (QED) is 0.701. The van der Waals surface area contributed by atoms with E-state index in [0.717, 1.165) is 16.7 Å². The molecule has 0 amide bonds. The van der Waals surface area contributed by atoms with Crippen LogP contribution in [0.3, 0.4) is 0 Å². The lowest BCUT2D eigenvalue weighted by atomic mass is 10.0. The van der Waals surface area contributed by atoms with Gasteiger partial charge in [-0.2, -0.15) is 0 Å². The predicted octanol–water partition coefficient (Wildman–Crippen LogP) is 3.83. The molecule has 0 saturated carbocycles. The molecule has 0 aliphatic carbocycles. The van der Waals surface area contributed by atoms with Crippen LogP contribution in [0.1, 0.15) is 22.9 Å². The van der Waals surface area contributed by atoms with Crippen LogP contribution in [0.5, 0.6) is 0 Å². The first-order valence-electron chi connectivity index (χ1n) is 9.24. The Morgan fingerprint density at radius 3 is 1.79 bits per heavy atom. The molecule has 1 heterocycles. The van der Waals surface area contributed by atoms with E-state index in [1.54, 1.807) is 30.3 Å². The van der Waals surface area contributed by atoms with Crippen LogP contribution in [-0.4, -0.2) is 11.2 Å². The molecule has 4 N–H and O–H groups in total. The van der Waals surface area contributed by atoms with E-state index in [1.807, 2.05) is 9.80 Å². The van der Waals surface area contributed by atoms with Crippen LogP contribution in [0.4, 0.5) is 18.9 Å². The summed E-state index contributed by atoms with van der Waals surface area (Å²) in [6.45, 7) is 0.740. The SMILES string of the molecule is NC1c2ccc(F)cc2N(Cc2ccc(F)cc2)C(N)N1Cc1ccc(F)cc1. The first-order chi connectivity index (χ1) is 13.9. The number of rotatable bonds is 4. The predicted molar refractivity (Wildman–Crippen MR) is 106 cm³/mol. The highest BCUT2D eigenvalue weighted by molar-refractivity contribution is 5.58. The Bertz CT molecular complexity index is 992. The standard InChI is InChI=1S/C22H21F3N4/c23-16-5-1-14(2-6-16)12-28-20-11-18(25)9-10-19(20)21(26)29(22(28)27)13-15-3-7-17(24)8-4-15/h1-11,21-22H,12-13,26-27H2. The lowest BCUT2D eigenvalue weighted by Gasteiger charge is -2.47. The Balaban J connectivity index is 1.70. The molecule has 4 nitrogen and oxygen atoms in total. The molecule has 3 aromatic carbocycles. The average molecular weight is 398 g/mol. The molecular weight excluding hydrogens is 377 g/mol. The summed E-state index contributed by atoms with van der Waals surface area (Å²) in [7, 11) is 0. The number of nitrogens with two attached hydrogens (primary N) is 2. The number of nitrogens with zero attached hydrogens (tertiary/aromatic N) is 2. The first kappa shape index (κ1) is 19.4. The zero-order valence-electron chi connectivity index (χ0n) is 15.6. The van der Waals surface area contributed by atoms with Gasteiger partial charge in [0, 0.05) is 24.3 Å². The highest BCUT2D eigenvalue weighted by atomic mass is 19.1. The van der Waals surface area contributed by atoms with Crippen LogP contribution < -0.4 is 16.4 Å². The van der Waals surface area contributed by atoms with Crippen molar-refractivity contribution in [2.24, 2.45) is 11.5 Å². The van der Waals surface area contributed by atoms with E-state index >= 15 is 0 Å². The minimum absolute atomic E-state index is 0.320. The van der Waals surface area contributed by atoms with E-state index in [1.165, 1.54) is 36.4 Å². The van der Waals surface area contributed by atoms with E-state index in [9.17, 15) is 13.2 Å². The summed E-state index contributed by atoms with van der Waals surface area (Å²) >= 11 is 0. The van der Waals surface area contributed by atoms with Crippen molar-refractivity contribution >= 4 is 5.69 Å². The van der Waals surface area contributed by atoms with Gasteiger partial charge >= 0.3 is 0 Å². The van der Waals surface area contributed by atoms with Gasteiger partial charge in [0.25, 0.3) is 0 Å². The molecule has 1 aliphatic heterocycles. The van der Waals surface area contributed by atoms with E-state index in [-0.39, 0.29) is 17.5 Å². The molecule has 7 heteroatoms. The Hall–Kier alpha value is -2.87. The Morgan fingerprint density at radius 2 is 1.21 bits per heavy atom. The van der Waals surface area contributed by atoms with Crippen molar-refractivity contribution in [1.29, 1.82) is 0 Å². The van der Waals surface area contributed by atoms with Crippen molar-refractivity contribution in [2.45, 2.75) is 25.5 Å². The molecule has 0 spiro atoms. The Kier molecular flexibility index (Phi) is 5.27. The number of hydrogen-bond donors (Lipinski definition) is 2. The monoisotopic (exact) mass is 398 g/mol. The molecule has 4 rings (SSSR count). The van der Waals surface area contributed by atoms with Gasteiger partial charge in [-0.15, -0.1) is 0 Å². The third kappa shape index (κ3) is 3.98. The van der Waals surface area contributed by atoms with Crippen LogP contribution in [0.2, 0.25) is 0 Å². The van der Waals surface area contributed by atoms with Gasteiger partial charge in [-0.1, -0.05) is 30.3 Å². The fourth-order valence-electron chi connectivity index (χ4n) is 3.64. The summed E-state index contributed by atoms with van der Waals surface area (Å²) in [6, 6.07) is 16.6. The number of fused-ring (bicyclic) bond motifs is 1. The van der Waals surface area contributed by atoms with Crippen molar-refractivity contribution in [3.8, 4) is 0 Å². The van der Waals surface area contributed by atoms with Gasteiger partial charge in [0.2, 0.25) is 0 Å². The smallest absolute Gasteiger partial charge is 0.136 e. The van der Waals surface area contributed by atoms with E-state index < -0.39 is 12.5 Å². The molecule has 0 saturated heterocycles. The van der Waals surface area contributed by atoms with Gasteiger partial charge in [0.15, 0.2) is 0 Å². The molecule has 3 aromatic rings. The van der Waals surface area contributed by atoms with Gasteiger partial charge in [-0.3, -0.25) is 5.73 Å². The second-order valence-corrected chi connectivity index (χ2v) is 7.11. The van der Waals surface area contributed by atoms with Crippen LogP contribution in [-0.2, 0) is 13.1 Å². The fraction of sp³-hybridized carbons (Fsp3) is 0.182. The van der Waals surface area contributed by atoms with Gasteiger partial charge in [-0.25, -0.2) is 18.1 Å². The van der Waals surface area contributed by atoms with Gasteiger partial charge in [0.1, 0.15) is 23.7 Å². The minimum Gasteiger partial charge on any atom is -0.339 e. The number of halogens is 3. The maximum Gasteiger partial charge on any atom is 0.136 e. The van der Waals surface area contributed by atoms with Crippen LogP contribution >= 0.6 is 0 Å². The Labute approximate surface area is 167 Å². The summed E-state index contributed by atoms with van der Waals surface area (Å²) in [5.41, 5.74) is 16.0. The molecule has 2 atom stereocenters. The molecule has 1 aliphatic rings. The van der Waals surface area contributed by atoms with Crippen molar-refractivity contribution in [3.63, 3.8) is 0 Å². The zero-order valence-corrected chi connectivity index (χ0v) is 15.6. The number of benzene rings is 3. The average Bonchev–Trinajstić information content (AvgIpc) is 2.71. The summed E-state index contributed by atoms with van der Waals surface area (Å²) in [4.78, 5) is 3.69. The maximum absolute atomic E-state index is 14.0. The van der Waals surface area contributed by atoms with Crippen LogP contribution in [0.15, 0.2) is 66.7 Å². The largest absolute Gasteiger partial charge is 0.339 e. The third-order valence-corrected chi connectivity index (χ3v) is 5.18. The molecule has 0 fully saturated rings. The Morgan fingerprint density at radius 1 is 0.690 bits per heavy atom. The fourth-order valence-corrected chi connectivity index (χ4v) is 3.64. The van der Waals surface area contributed by atoms with Crippen LogP contribution in [0.25, 0.3) is 0 Å². The normalized spacial score (nSPS) is 19.3. The summed E-state index contributed by atoms with van der Waals surface area (Å²) in [5.74, 6) is -1.04. The van der Waals surface area contributed by atoms with E-state index in [2.05, 4.69) is 0 Å². The highest BCUT2D eigenvalue weighted by Gasteiger charge is 2.35. The molecule has 0 radical (unpaired) electrons. The molecular formula is C22H21F3N4. The number of anilines is 1. The summed E-state index contributed by atoms with van der Waals surface area (Å²) < 4.78 is 40.5. The zero-order chi connectivity index (χ0) is 20.5. The van der Waals surface area contributed by atoms with Gasteiger partial charge in [0.05, 0.1) is 6.17 Å². The second kappa shape index (κ2) is 7.87. The van der Waals surface area contributed by atoms with Crippen molar-refractivity contribution in [3.05, 3.63) is 101 Å². The van der Waals surface area contributed by atoms with Crippen molar-refractivity contribution in [1.82, 2.24) is 4.90 Å². The first-order valence-corrected chi connectivity index (χ1v) is 9.24. The number of hydrogen-bond acceptors (Lipinski definition) is 4. The molecule has 0 aromatic heterocycles. The molecule has 0 bridgehead atoms. The van der Waals surface area contributed by atoms with E-state index in [4.69, 9.17) is 11.5 Å². The van der Waals surface area contributed by atoms with Gasteiger partial charge in [-0.05, 0) is 47.5 Å². The third-order valence-electron chi connectivity index (χ3n) is 5.18.